The van der Waals surface area contributed by atoms with Crippen LogP contribution in [-0.4, -0.2) is 30.1 Å². The number of hydrogen-bond acceptors (Lipinski definition) is 4. The Labute approximate surface area is 120 Å². The quantitative estimate of drug-likeness (QED) is 0.451. The van der Waals surface area contributed by atoms with Gasteiger partial charge in [0.2, 0.25) is 6.29 Å². The van der Waals surface area contributed by atoms with Gasteiger partial charge in [0.15, 0.2) is 0 Å². The van der Waals surface area contributed by atoms with E-state index in [0.29, 0.717) is 6.61 Å². The number of aliphatic hydroxyl groups excluding tert-OH is 1. The molecule has 20 heavy (non-hydrogen) atoms. The first-order valence-electron chi connectivity index (χ1n) is 6.69. The van der Waals surface area contributed by atoms with Gasteiger partial charge in [-0.2, -0.15) is 0 Å². The van der Waals surface area contributed by atoms with Gasteiger partial charge in [-0.1, -0.05) is 36.9 Å². The van der Waals surface area contributed by atoms with Crippen LogP contribution in [0.2, 0.25) is 0 Å². The van der Waals surface area contributed by atoms with Crippen molar-refractivity contribution in [3.63, 3.8) is 0 Å². The van der Waals surface area contributed by atoms with Gasteiger partial charge in [-0.3, -0.25) is 0 Å². The highest BCUT2D eigenvalue weighted by Gasteiger charge is 2.12. The number of carbonyl (C=O) groups is 1. The molecule has 0 aromatic heterocycles. The zero-order valence-electron chi connectivity index (χ0n) is 12.0. The average molecular weight is 278 g/mol. The van der Waals surface area contributed by atoms with Crippen molar-refractivity contribution in [2.24, 2.45) is 0 Å². The summed E-state index contributed by atoms with van der Waals surface area (Å²) in [5.74, 6) is -0.588. The number of carbonyl (C=O) groups excluding carboxylic acids is 1. The lowest BCUT2D eigenvalue weighted by atomic mass is 10.1. The fraction of sp³-hybridized carbons (Fsp3) is 0.438. The zero-order valence-corrected chi connectivity index (χ0v) is 12.0. The van der Waals surface area contributed by atoms with Crippen LogP contribution in [0.1, 0.15) is 25.8 Å². The normalized spacial score (nSPS) is 13.6. The van der Waals surface area contributed by atoms with Gasteiger partial charge in [0.25, 0.3) is 0 Å². The highest BCUT2D eigenvalue weighted by Crippen LogP contribution is 2.07. The van der Waals surface area contributed by atoms with Gasteiger partial charge in [0.1, 0.15) is 0 Å². The largest absolute Gasteiger partial charge is 0.433 e. The highest BCUT2D eigenvalue weighted by molar-refractivity contribution is 5.86. The molecule has 0 radical (unpaired) electrons. The minimum absolute atomic E-state index is 0.0430. The molecule has 0 spiro atoms. The molecule has 1 aromatic carbocycles. The minimum Gasteiger partial charge on any atom is -0.433 e. The Morgan fingerprint density at radius 2 is 2.00 bits per heavy atom. The van der Waals surface area contributed by atoms with E-state index in [1.165, 1.54) is 12.5 Å². The molecule has 0 aliphatic rings. The summed E-state index contributed by atoms with van der Waals surface area (Å²) in [6.45, 7) is 7.29. The van der Waals surface area contributed by atoms with Crippen LogP contribution in [0.5, 0.6) is 0 Å². The van der Waals surface area contributed by atoms with Gasteiger partial charge in [-0.25, -0.2) is 4.79 Å². The fourth-order valence-electron chi connectivity index (χ4n) is 1.66. The summed E-state index contributed by atoms with van der Waals surface area (Å²) in [5, 5.41) is 9.51. The molecule has 4 heteroatoms. The third-order valence-electron chi connectivity index (χ3n) is 2.72. The van der Waals surface area contributed by atoms with Gasteiger partial charge in [0, 0.05) is 12.0 Å². The average Bonchev–Trinajstić information content (AvgIpc) is 2.39. The van der Waals surface area contributed by atoms with Gasteiger partial charge < -0.3 is 14.6 Å². The van der Waals surface area contributed by atoms with E-state index >= 15 is 0 Å². The first-order chi connectivity index (χ1) is 9.49. The topological polar surface area (TPSA) is 55.8 Å². The lowest BCUT2D eigenvalue weighted by Gasteiger charge is -2.15. The van der Waals surface area contributed by atoms with Crippen LogP contribution in [0.25, 0.3) is 0 Å². The third-order valence-corrected chi connectivity index (χ3v) is 2.72. The lowest BCUT2D eigenvalue weighted by Crippen LogP contribution is -2.21. The Morgan fingerprint density at radius 3 is 2.60 bits per heavy atom. The van der Waals surface area contributed by atoms with Crippen LogP contribution in [0.4, 0.5) is 0 Å². The highest BCUT2D eigenvalue weighted by atomic mass is 16.6. The second kappa shape index (κ2) is 8.51. The van der Waals surface area contributed by atoms with Gasteiger partial charge in [0.05, 0.1) is 12.7 Å². The van der Waals surface area contributed by atoms with Crippen LogP contribution < -0.4 is 0 Å². The number of esters is 1. The summed E-state index contributed by atoms with van der Waals surface area (Å²) in [7, 11) is 0. The second-order valence-corrected chi connectivity index (χ2v) is 4.80. The summed E-state index contributed by atoms with van der Waals surface area (Å²) in [6.07, 6.45) is -0.0507. The number of benzene rings is 1. The van der Waals surface area contributed by atoms with E-state index in [9.17, 15) is 9.90 Å². The second-order valence-electron chi connectivity index (χ2n) is 4.80. The van der Waals surface area contributed by atoms with Crippen LogP contribution in [0, 0.1) is 0 Å². The molecule has 0 fully saturated rings. The van der Waals surface area contributed by atoms with Gasteiger partial charge >= 0.3 is 5.97 Å². The fourth-order valence-corrected chi connectivity index (χ4v) is 1.66. The first kappa shape index (κ1) is 16.4. The molecule has 0 saturated carbocycles. The molecule has 4 nitrogen and oxygen atoms in total. The molecule has 1 N–H and O–H groups in total. The van der Waals surface area contributed by atoms with Crippen molar-refractivity contribution >= 4 is 5.97 Å². The predicted octanol–water partition coefficient (Wildman–Crippen LogP) is 2.46. The Kier molecular flexibility index (Phi) is 6.98. The SMILES string of the molecule is C=C(C)C(=O)OC(O)CCOC(C)Cc1ccccc1. The number of ether oxygens (including phenoxy) is 2. The molecule has 0 aliphatic heterocycles. The standard InChI is InChI=1S/C16H22O4/c1-12(2)16(18)20-15(17)9-10-19-13(3)11-14-7-5-4-6-8-14/h4-8,13,15,17H,1,9-11H2,2-3H3. The lowest BCUT2D eigenvalue weighted by molar-refractivity contribution is -0.165. The molecule has 0 bridgehead atoms. The van der Waals surface area contributed by atoms with E-state index in [4.69, 9.17) is 9.47 Å². The summed E-state index contributed by atoms with van der Waals surface area (Å²) in [4.78, 5) is 11.2. The molecule has 2 atom stereocenters. The van der Waals surface area contributed by atoms with Crippen molar-refractivity contribution in [2.75, 3.05) is 6.61 Å². The Bertz CT molecular complexity index is 427. The van der Waals surface area contributed by atoms with Crippen molar-refractivity contribution < 1.29 is 19.4 Å². The molecule has 2 unspecified atom stereocenters. The van der Waals surface area contributed by atoms with Crippen molar-refractivity contribution in [1.82, 2.24) is 0 Å². The summed E-state index contributed by atoms with van der Waals surface area (Å²) in [6, 6.07) is 10.0. The summed E-state index contributed by atoms with van der Waals surface area (Å²) in [5.41, 5.74) is 1.47. The molecule has 0 saturated heterocycles. The smallest absolute Gasteiger partial charge is 0.335 e. The van der Waals surface area contributed by atoms with Crippen molar-refractivity contribution in [1.29, 1.82) is 0 Å². The molecule has 0 aliphatic carbocycles. The molecule has 1 rings (SSSR count). The maximum absolute atomic E-state index is 11.2. The van der Waals surface area contributed by atoms with Crippen molar-refractivity contribution in [3.05, 3.63) is 48.0 Å². The Hall–Kier alpha value is -1.65. The third kappa shape index (κ3) is 6.50. The maximum atomic E-state index is 11.2. The molecule has 0 heterocycles. The van der Waals surface area contributed by atoms with Crippen LogP contribution in [-0.2, 0) is 20.7 Å². The van der Waals surface area contributed by atoms with Crippen LogP contribution in [0.3, 0.4) is 0 Å². The van der Waals surface area contributed by atoms with E-state index in [1.54, 1.807) is 0 Å². The maximum Gasteiger partial charge on any atom is 0.335 e. The minimum atomic E-state index is -1.15. The number of aliphatic hydroxyl groups is 1. The van der Waals surface area contributed by atoms with E-state index < -0.39 is 12.3 Å². The Balaban J connectivity index is 2.20. The summed E-state index contributed by atoms with van der Waals surface area (Å²) >= 11 is 0. The zero-order chi connectivity index (χ0) is 15.0. The molecule has 0 amide bonds. The molecular weight excluding hydrogens is 256 g/mol. The molecular formula is C16H22O4. The monoisotopic (exact) mass is 278 g/mol. The van der Waals surface area contributed by atoms with E-state index in [0.717, 1.165) is 6.42 Å². The first-order valence-corrected chi connectivity index (χ1v) is 6.69. The van der Waals surface area contributed by atoms with Gasteiger partial charge in [-0.05, 0) is 25.8 Å². The van der Waals surface area contributed by atoms with E-state index in [-0.39, 0.29) is 18.1 Å². The Morgan fingerprint density at radius 1 is 1.35 bits per heavy atom. The number of hydrogen-bond donors (Lipinski definition) is 1. The van der Waals surface area contributed by atoms with Crippen LogP contribution in [0.15, 0.2) is 42.5 Å². The molecule has 1 aromatic rings. The molecule has 110 valence electrons. The van der Waals surface area contributed by atoms with Crippen molar-refractivity contribution in [3.8, 4) is 0 Å². The van der Waals surface area contributed by atoms with E-state index in [2.05, 4.69) is 6.58 Å². The van der Waals surface area contributed by atoms with Crippen molar-refractivity contribution in [2.45, 2.75) is 39.1 Å². The van der Waals surface area contributed by atoms with Crippen LogP contribution >= 0.6 is 0 Å². The van der Waals surface area contributed by atoms with E-state index in [1.807, 2.05) is 37.3 Å². The van der Waals surface area contributed by atoms with Gasteiger partial charge in [-0.15, -0.1) is 0 Å². The predicted molar refractivity (Wildman–Crippen MR) is 77.1 cm³/mol. The summed E-state index contributed by atoms with van der Waals surface area (Å²) < 4.78 is 10.3. The number of rotatable bonds is 8.